The van der Waals surface area contributed by atoms with Gasteiger partial charge in [-0.25, -0.2) is 8.42 Å². The van der Waals surface area contributed by atoms with E-state index in [-0.39, 0.29) is 12.5 Å². The summed E-state index contributed by atoms with van der Waals surface area (Å²) in [6.07, 6.45) is 1.05. The van der Waals surface area contributed by atoms with E-state index in [1.165, 1.54) is 4.90 Å². The number of nitrogens with zero attached hydrogens (tertiary/aromatic N) is 2. The van der Waals surface area contributed by atoms with Gasteiger partial charge in [0.25, 0.3) is 0 Å². The maximum absolute atomic E-state index is 13.6. The molecule has 7 nitrogen and oxygen atoms in total. The van der Waals surface area contributed by atoms with Gasteiger partial charge in [-0.3, -0.25) is 13.9 Å². The number of halogens is 2. The Balaban J connectivity index is 2.50. The summed E-state index contributed by atoms with van der Waals surface area (Å²) in [6.45, 7) is 10.2. The Bertz CT molecular complexity index is 1190. The Morgan fingerprint density at radius 2 is 1.63 bits per heavy atom. The molecule has 10 heteroatoms. The van der Waals surface area contributed by atoms with Gasteiger partial charge in [0, 0.05) is 27.7 Å². The molecule has 0 fully saturated rings. The van der Waals surface area contributed by atoms with Crippen molar-refractivity contribution >= 4 is 50.7 Å². The van der Waals surface area contributed by atoms with E-state index in [4.69, 9.17) is 23.2 Å². The first-order valence-corrected chi connectivity index (χ1v) is 13.7. The second-order valence-electron chi connectivity index (χ2n) is 9.70. The second-order valence-corrected chi connectivity index (χ2v) is 12.4. The number of carbonyl (C=O) groups is 2. The van der Waals surface area contributed by atoms with Crippen molar-refractivity contribution < 1.29 is 18.0 Å². The molecule has 1 N–H and O–H groups in total. The van der Waals surface area contributed by atoms with Crippen molar-refractivity contribution in [2.45, 2.75) is 59.7 Å². The molecule has 0 aliphatic rings. The Kier molecular flexibility index (Phi) is 9.25. The van der Waals surface area contributed by atoms with Gasteiger partial charge in [-0.1, -0.05) is 47.0 Å². The van der Waals surface area contributed by atoms with E-state index in [9.17, 15) is 18.0 Å². The van der Waals surface area contributed by atoms with Crippen LogP contribution in [-0.4, -0.2) is 49.5 Å². The minimum atomic E-state index is -3.81. The normalized spacial score (nSPS) is 12.7. The van der Waals surface area contributed by atoms with Crippen molar-refractivity contribution in [1.29, 1.82) is 0 Å². The summed E-state index contributed by atoms with van der Waals surface area (Å²) in [5, 5.41) is 3.55. The lowest BCUT2D eigenvalue weighted by Crippen LogP contribution is -2.54. The van der Waals surface area contributed by atoms with Crippen LogP contribution in [0.5, 0.6) is 0 Å². The Hall–Kier alpha value is -2.29. The highest BCUT2D eigenvalue weighted by Gasteiger charge is 2.32. The number of aryl methyl sites for hydroxylation is 2. The quantitative estimate of drug-likeness (QED) is 0.524. The molecule has 0 aliphatic carbocycles. The smallest absolute Gasteiger partial charge is 0.244 e. The zero-order valence-corrected chi connectivity index (χ0v) is 23.5. The average molecular weight is 543 g/mol. The lowest BCUT2D eigenvalue weighted by Gasteiger charge is -2.33. The zero-order valence-electron chi connectivity index (χ0n) is 21.1. The molecule has 0 spiro atoms. The highest BCUT2D eigenvalue weighted by molar-refractivity contribution is 7.92. The molecule has 2 amide bonds. The number of nitrogens with one attached hydrogen (secondary N) is 1. The molecule has 2 rings (SSSR count). The van der Waals surface area contributed by atoms with E-state index in [1.807, 2.05) is 33.8 Å². The molecule has 0 saturated carbocycles. The van der Waals surface area contributed by atoms with Crippen LogP contribution in [0, 0.1) is 13.8 Å². The molecule has 0 heterocycles. The third kappa shape index (κ3) is 7.85. The Labute approximate surface area is 218 Å². The average Bonchev–Trinajstić information content (AvgIpc) is 2.69. The fraction of sp³-hybridized carbons (Fsp3) is 0.440. The summed E-state index contributed by atoms with van der Waals surface area (Å²) in [5.41, 5.74) is 2.02. The van der Waals surface area contributed by atoms with E-state index in [1.54, 1.807) is 44.2 Å². The predicted molar refractivity (Wildman–Crippen MR) is 142 cm³/mol. The van der Waals surface area contributed by atoms with Crippen LogP contribution < -0.4 is 9.62 Å². The summed E-state index contributed by atoms with van der Waals surface area (Å²) in [6, 6.07) is 9.35. The highest BCUT2D eigenvalue weighted by Crippen LogP contribution is 2.28. The first-order chi connectivity index (χ1) is 16.0. The zero-order chi connectivity index (χ0) is 26.7. The number of amides is 2. The van der Waals surface area contributed by atoms with Gasteiger partial charge < -0.3 is 10.2 Å². The SMILES string of the molecule is Cc1ccc(N(CC(=O)N(Cc2c(Cl)cccc2Cl)C(C)C(=O)NC(C)(C)C)S(C)(=O)=O)c(C)c1. The third-order valence-electron chi connectivity index (χ3n) is 5.36. The number of carbonyl (C=O) groups excluding carboxylic acids is 2. The van der Waals surface area contributed by atoms with E-state index in [0.29, 0.717) is 26.9 Å². The fourth-order valence-corrected chi connectivity index (χ4v) is 5.01. The fourth-order valence-electron chi connectivity index (χ4n) is 3.59. The number of sulfonamides is 1. The van der Waals surface area contributed by atoms with Gasteiger partial charge in [0.05, 0.1) is 11.9 Å². The largest absolute Gasteiger partial charge is 0.350 e. The molecule has 0 radical (unpaired) electrons. The number of hydrogen-bond acceptors (Lipinski definition) is 4. The van der Waals surface area contributed by atoms with Crippen LogP contribution in [0.15, 0.2) is 36.4 Å². The van der Waals surface area contributed by atoms with Crippen LogP contribution in [0.25, 0.3) is 0 Å². The maximum atomic E-state index is 13.6. The molecule has 0 bridgehead atoms. The number of hydrogen-bond donors (Lipinski definition) is 1. The summed E-state index contributed by atoms with van der Waals surface area (Å²) in [4.78, 5) is 28.0. The van der Waals surface area contributed by atoms with Crippen molar-refractivity contribution in [3.8, 4) is 0 Å². The summed E-state index contributed by atoms with van der Waals surface area (Å²) in [7, 11) is -3.81. The minimum absolute atomic E-state index is 0.0689. The summed E-state index contributed by atoms with van der Waals surface area (Å²) in [5.74, 6) is -0.950. The van der Waals surface area contributed by atoms with E-state index >= 15 is 0 Å². The molecular weight excluding hydrogens is 509 g/mol. The van der Waals surface area contributed by atoms with Gasteiger partial charge in [-0.2, -0.15) is 0 Å². The third-order valence-corrected chi connectivity index (χ3v) is 7.19. The number of rotatable bonds is 8. The van der Waals surface area contributed by atoms with Crippen molar-refractivity contribution in [2.75, 3.05) is 17.1 Å². The molecule has 0 saturated heterocycles. The lowest BCUT2D eigenvalue weighted by atomic mass is 10.1. The Morgan fingerprint density at radius 3 is 2.11 bits per heavy atom. The van der Waals surface area contributed by atoms with Crippen LogP contribution in [0.1, 0.15) is 44.4 Å². The number of benzene rings is 2. The van der Waals surface area contributed by atoms with Crippen LogP contribution in [0.2, 0.25) is 10.0 Å². The topological polar surface area (TPSA) is 86.8 Å². The molecule has 0 aromatic heterocycles. The number of anilines is 1. The molecule has 192 valence electrons. The van der Waals surface area contributed by atoms with E-state index in [2.05, 4.69) is 5.32 Å². The molecular formula is C25H33Cl2N3O4S. The first kappa shape index (κ1) is 28.9. The molecule has 2 aromatic rings. The summed E-state index contributed by atoms with van der Waals surface area (Å²) < 4.78 is 26.5. The van der Waals surface area contributed by atoms with Gasteiger partial charge in [-0.15, -0.1) is 0 Å². The van der Waals surface area contributed by atoms with E-state index < -0.39 is 34.1 Å². The lowest BCUT2D eigenvalue weighted by molar-refractivity contribution is -0.140. The predicted octanol–water partition coefficient (Wildman–Crippen LogP) is 4.71. The molecule has 2 aromatic carbocycles. The molecule has 0 aliphatic heterocycles. The minimum Gasteiger partial charge on any atom is -0.350 e. The highest BCUT2D eigenvalue weighted by atomic mass is 35.5. The van der Waals surface area contributed by atoms with Gasteiger partial charge >= 0.3 is 0 Å². The van der Waals surface area contributed by atoms with Crippen LogP contribution >= 0.6 is 23.2 Å². The van der Waals surface area contributed by atoms with Gasteiger partial charge in [-0.05, 0) is 65.3 Å². The van der Waals surface area contributed by atoms with Gasteiger partial charge in [0.1, 0.15) is 12.6 Å². The molecule has 1 unspecified atom stereocenters. The molecule has 35 heavy (non-hydrogen) atoms. The first-order valence-electron chi connectivity index (χ1n) is 11.1. The van der Waals surface area contributed by atoms with Crippen LogP contribution in [0.4, 0.5) is 5.69 Å². The maximum Gasteiger partial charge on any atom is 0.244 e. The summed E-state index contributed by atoms with van der Waals surface area (Å²) >= 11 is 12.7. The Morgan fingerprint density at radius 1 is 1.06 bits per heavy atom. The van der Waals surface area contributed by atoms with Gasteiger partial charge in [0.2, 0.25) is 21.8 Å². The van der Waals surface area contributed by atoms with Crippen LogP contribution in [0.3, 0.4) is 0 Å². The van der Waals surface area contributed by atoms with Crippen LogP contribution in [-0.2, 0) is 26.2 Å². The van der Waals surface area contributed by atoms with E-state index in [0.717, 1.165) is 16.1 Å². The van der Waals surface area contributed by atoms with Crippen molar-refractivity contribution in [2.24, 2.45) is 0 Å². The van der Waals surface area contributed by atoms with Gasteiger partial charge in [0.15, 0.2) is 0 Å². The van der Waals surface area contributed by atoms with Crippen molar-refractivity contribution in [3.05, 3.63) is 63.1 Å². The standard InChI is InChI=1S/C25H33Cl2N3O4S/c1-16-11-12-22(17(2)13-16)30(35(7,33)34)15-23(31)29(18(3)24(32)28-25(4,5)6)14-19-20(26)9-8-10-21(19)27/h8-13,18H,14-15H2,1-7H3,(H,28,32). The monoisotopic (exact) mass is 541 g/mol. The van der Waals surface area contributed by atoms with Crippen molar-refractivity contribution in [1.82, 2.24) is 10.2 Å². The van der Waals surface area contributed by atoms with Crippen molar-refractivity contribution in [3.63, 3.8) is 0 Å². The second kappa shape index (κ2) is 11.2. The molecule has 1 atom stereocenters.